The molecule has 2 atom stereocenters. The van der Waals surface area contributed by atoms with Crippen molar-refractivity contribution in [1.82, 2.24) is 4.57 Å². The minimum atomic E-state index is -0.194. The van der Waals surface area contributed by atoms with E-state index in [4.69, 9.17) is 0 Å². The second-order valence-electron chi connectivity index (χ2n) is 12.6. The lowest BCUT2D eigenvalue weighted by Gasteiger charge is -2.37. The van der Waals surface area contributed by atoms with E-state index in [9.17, 15) is 0 Å². The first kappa shape index (κ1) is 22.1. The van der Waals surface area contributed by atoms with Crippen LogP contribution in [0.2, 0.25) is 0 Å². The molecule has 0 bridgehead atoms. The molecule has 0 aliphatic heterocycles. The molecular formula is C40H29N. The summed E-state index contributed by atoms with van der Waals surface area (Å²) in [5.41, 5.74) is 13.8. The van der Waals surface area contributed by atoms with E-state index in [0.717, 1.165) is 6.42 Å². The van der Waals surface area contributed by atoms with Gasteiger partial charge >= 0.3 is 0 Å². The molecule has 6 aromatic rings. The highest BCUT2D eigenvalue weighted by Crippen LogP contribution is 2.85. The first-order valence-corrected chi connectivity index (χ1v) is 14.9. The summed E-state index contributed by atoms with van der Waals surface area (Å²) < 4.78 is 2.32. The van der Waals surface area contributed by atoms with E-state index in [1.165, 1.54) is 72.7 Å². The molecule has 41 heavy (non-hydrogen) atoms. The van der Waals surface area contributed by atoms with Gasteiger partial charge in [-0.25, -0.2) is 0 Å². The molecule has 1 aromatic heterocycles. The van der Waals surface area contributed by atoms with Gasteiger partial charge in [0, 0.05) is 39.7 Å². The van der Waals surface area contributed by atoms with Crippen molar-refractivity contribution in [2.24, 2.45) is 12.5 Å². The molecule has 5 aromatic carbocycles. The van der Waals surface area contributed by atoms with Crippen LogP contribution in [0.1, 0.15) is 35.1 Å². The quantitative estimate of drug-likeness (QED) is 0.189. The number of fused-ring (bicyclic) bond motifs is 10. The lowest BCUT2D eigenvalue weighted by molar-refractivity contribution is 0.434. The predicted molar refractivity (Wildman–Crippen MR) is 169 cm³/mol. The molecule has 1 saturated carbocycles. The molecule has 0 amide bonds. The zero-order valence-corrected chi connectivity index (χ0v) is 23.1. The molecule has 2 unspecified atom stereocenters. The number of aryl methyl sites for hydroxylation is 1. The van der Waals surface area contributed by atoms with Crippen molar-refractivity contribution in [2.75, 3.05) is 0 Å². The Bertz CT molecular complexity index is 2140. The molecule has 1 heteroatoms. The van der Waals surface area contributed by atoms with Gasteiger partial charge in [0.2, 0.25) is 0 Å². The van der Waals surface area contributed by atoms with Gasteiger partial charge in [0.1, 0.15) is 0 Å². The van der Waals surface area contributed by atoms with Crippen LogP contribution in [0.5, 0.6) is 0 Å². The minimum absolute atomic E-state index is 0.0241. The van der Waals surface area contributed by atoms with Crippen molar-refractivity contribution in [1.29, 1.82) is 0 Å². The molecule has 4 aliphatic rings. The van der Waals surface area contributed by atoms with Gasteiger partial charge in [-0.2, -0.15) is 0 Å². The lowest BCUT2D eigenvalue weighted by atomic mass is 9.63. The van der Waals surface area contributed by atoms with Gasteiger partial charge in [-0.1, -0.05) is 109 Å². The molecule has 0 N–H and O–H groups in total. The van der Waals surface area contributed by atoms with Gasteiger partial charge in [-0.05, 0) is 81.6 Å². The number of para-hydroxylation sites is 1. The standard InChI is InChI=1S/C40H29N/c1-41-36-16-8-5-13-30(36)31-23-26(18-20-37(31)41)27-17-19-34-35(24-27)40(39-22-10-2-9-21-38(34,39)25-39)32-14-6-3-11-28(32)29-12-4-7-15-33(29)40/h3-24H,2,25H2,1H3. The maximum Gasteiger partial charge on any atom is 0.0569 e. The zero-order chi connectivity index (χ0) is 27.0. The van der Waals surface area contributed by atoms with E-state index in [0.29, 0.717) is 0 Å². The normalized spacial score (nSPS) is 23.7. The van der Waals surface area contributed by atoms with Gasteiger partial charge in [-0.15, -0.1) is 0 Å². The number of nitrogens with zero attached hydrogens (tertiary/aromatic N) is 1. The smallest absolute Gasteiger partial charge is 0.0569 e. The molecule has 1 heterocycles. The van der Waals surface area contributed by atoms with E-state index in [1.807, 2.05) is 0 Å². The molecule has 1 fully saturated rings. The third kappa shape index (κ3) is 2.32. The summed E-state index contributed by atoms with van der Waals surface area (Å²) in [5, 5.41) is 2.64. The van der Waals surface area contributed by atoms with Crippen molar-refractivity contribution >= 4 is 21.8 Å². The Hall–Kier alpha value is -4.62. The van der Waals surface area contributed by atoms with Gasteiger partial charge in [0.25, 0.3) is 0 Å². The third-order valence-electron chi connectivity index (χ3n) is 11.1. The molecular weight excluding hydrogens is 494 g/mol. The predicted octanol–water partition coefficient (Wildman–Crippen LogP) is 9.47. The van der Waals surface area contributed by atoms with Gasteiger partial charge in [0.05, 0.1) is 5.41 Å². The molecule has 1 nitrogen and oxygen atoms in total. The third-order valence-corrected chi connectivity index (χ3v) is 11.1. The van der Waals surface area contributed by atoms with Crippen molar-refractivity contribution in [3.8, 4) is 22.3 Å². The summed E-state index contributed by atoms with van der Waals surface area (Å²) in [5.74, 6) is 0. The Kier molecular flexibility index (Phi) is 3.87. The average molecular weight is 524 g/mol. The Labute approximate surface area is 240 Å². The zero-order valence-electron chi connectivity index (χ0n) is 23.1. The molecule has 10 rings (SSSR count). The SMILES string of the molecule is Cn1c2ccccc2c2cc(-c3ccc4c(c3)C3(c5ccccc5-c5ccccc53)C35C=CCC=CC43C5)ccc21. The fourth-order valence-electron chi connectivity index (χ4n) is 9.46. The van der Waals surface area contributed by atoms with Crippen LogP contribution in [0.25, 0.3) is 44.1 Å². The van der Waals surface area contributed by atoms with E-state index in [1.54, 1.807) is 0 Å². The number of aromatic nitrogens is 1. The highest BCUT2D eigenvalue weighted by molar-refractivity contribution is 6.09. The Morgan fingerprint density at radius 1 is 0.561 bits per heavy atom. The number of hydrogen-bond acceptors (Lipinski definition) is 0. The number of hydrogen-bond donors (Lipinski definition) is 0. The van der Waals surface area contributed by atoms with Crippen LogP contribution in [0.15, 0.2) is 133 Å². The summed E-state index contributed by atoms with van der Waals surface area (Å²) >= 11 is 0. The minimum Gasteiger partial charge on any atom is -0.344 e. The fraction of sp³-hybridized carbons (Fsp3) is 0.150. The lowest BCUT2D eigenvalue weighted by Crippen LogP contribution is -2.35. The second kappa shape index (κ2) is 7.17. The average Bonchev–Trinajstić information content (AvgIpc) is 3.45. The summed E-state index contributed by atoms with van der Waals surface area (Å²) in [4.78, 5) is 0. The molecule has 0 radical (unpaired) electrons. The molecule has 1 spiro atoms. The topological polar surface area (TPSA) is 4.93 Å². The number of rotatable bonds is 1. The monoisotopic (exact) mass is 523 g/mol. The van der Waals surface area contributed by atoms with E-state index < -0.39 is 0 Å². The summed E-state index contributed by atoms with van der Waals surface area (Å²) in [7, 11) is 2.18. The molecule has 0 saturated heterocycles. The highest BCUT2D eigenvalue weighted by atomic mass is 14.9. The van der Waals surface area contributed by atoms with Crippen molar-refractivity contribution in [3.05, 3.63) is 156 Å². The van der Waals surface area contributed by atoms with Crippen LogP contribution in [0.4, 0.5) is 0 Å². The van der Waals surface area contributed by atoms with Crippen molar-refractivity contribution in [2.45, 2.75) is 23.7 Å². The van der Waals surface area contributed by atoms with Crippen LogP contribution in [0, 0.1) is 5.41 Å². The van der Waals surface area contributed by atoms with Crippen LogP contribution in [0.3, 0.4) is 0 Å². The van der Waals surface area contributed by atoms with Gasteiger partial charge in [0.15, 0.2) is 0 Å². The fourth-order valence-corrected chi connectivity index (χ4v) is 9.46. The highest BCUT2D eigenvalue weighted by Gasteiger charge is 2.81. The summed E-state index contributed by atoms with van der Waals surface area (Å²) in [6.45, 7) is 0. The van der Waals surface area contributed by atoms with Crippen molar-refractivity contribution in [3.63, 3.8) is 0 Å². The van der Waals surface area contributed by atoms with Crippen molar-refractivity contribution < 1.29 is 0 Å². The van der Waals surface area contributed by atoms with E-state index >= 15 is 0 Å². The molecule has 4 aliphatic carbocycles. The first-order valence-electron chi connectivity index (χ1n) is 14.9. The van der Waals surface area contributed by atoms with Crippen LogP contribution in [-0.4, -0.2) is 4.57 Å². The Balaban J connectivity index is 1.29. The van der Waals surface area contributed by atoms with Gasteiger partial charge < -0.3 is 4.57 Å². The molecule has 194 valence electrons. The Morgan fingerprint density at radius 3 is 2.05 bits per heavy atom. The largest absolute Gasteiger partial charge is 0.344 e. The maximum atomic E-state index is 2.60. The second-order valence-corrected chi connectivity index (χ2v) is 12.6. The number of allylic oxidation sites excluding steroid dienone is 4. The summed E-state index contributed by atoms with van der Waals surface area (Å²) in [6, 6.07) is 41.6. The van der Waals surface area contributed by atoms with E-state index in [-0.39, 0.29) is 16.2 Å². The Morgan fingerprint density at radius 2 is 1.22 bits per heavy atom. The van der Waals surface area contributed by atoms with Gasteiger partial charge in [-0.3, -0.25) is 0 Å². The number of benzene rings is 5. The first-order chi connectivity index (χ1) is 20.2. The summed E-state index contributed by atoms with van der Waals surface area (Å²) in [6.07, 6.45) is 12.2. The van der Waals surface area contributed by atoms with E-state index in [2.05, 4.69) is 145 Å². The van der Waals surface area contributed by atoms with Crippen LogP contribution >= 0.6 is 0 Å². The van der Waals surface area contributed by atoms with Crippen LogP contribution < -0.4 is 0 Å². The maximum absolute atomic E-state index is 2.60. The van der Waals surface area contributed by atoms with Crippen LogP contribution in [-0.2, 0) is 17.9 Å².